The van der Waals surface area contributed by atoms with Crippen LogP contribution < -0.4 is 5.32 Å². The van der Waals surface area contributed by atoms with Crippen LogP contribution in [-0.2, 0) is 0 Å². The molecule has 0 radical (unpaired) electrons. The third-order valence-electron chi connectivity index (χ3n) is 3.11. The Balaban J connectivity index is 2.39. The quantitative estimate of drug-likeness (QED) is 0.489. The molecule has 0 aromatic heterocycles. The lowest BCUT2D eigenvalue weighted by molar-refractivity contribution is 0.118. The smallest absolute Gasteiger partial charge is 0.0567 e. The van der Waals surface area contributed by atoms with Crippen LogP contribution in [0.5, 0.6) is 0 Å². The lowest BCUT2D eigenvalue weighted by atomic mass is 9.93. The van der Waals surface area contributed by atoms with Gasteiger partial charge in [0, 0.05) is 18.6 Å². The molecule has 0 spiro atoms. The van der Waals surface area contributed by atoms with Crippen molar-refractivity contribution in [3.63, 3.8) is 0 Å². The molecule has 3 heteroatoms. The molecule has 2 nitrogen and oxygen atoms in total. The molecule has 1 fully saturated rings. The first kappa shape index (κ1) is 12.7. The number of hydrogen-bond donors (Lipinski definition) is 1. The molecular weight excluding hydrogens is 287 g/mol. The predicted molar refractivity (Wildman–Crippen MR) is 70.9 cm³/mol. The number of rotatable bonds is 3. The molecule has 1 aliphatic heterocycles. The average Bonchev–Trinajstić information content (AvgIpc) is 2.07. The molecule has 84 valence electrons. The number of piperidine rings is 1. The van der Waals surface area contributed by atoms with Gasteiger partial charge in [-0.25, -0.2) is 0 Å². The van der Waals surface area contributed by atoms with Gasteiger partial charge in [-0.3, -0.25) is 0 Å². The van der Waals surface area contributed by atoms with E-state index in [1.165, 1.54) is 19.5 Å². The summed E-state index contributed by atoms with van der Waals surface area (Å²) in [6.07, 6.45) is 1.30. The first-order valence-corrected chi connectivity index (χ1v) is 6.89. The molecule has 0 saturated carbocycles. The van der Waals surface area contributed by atoms with E-state index in [0.717, 1.165) is 12.0 Å². The summed E-state index contributed by atoms with van der Waals surface area (Å²) in [6.45, 7) is 11.7. The van der Waals surface area contributed by atoms with Crippen LogP contribution in [0.25, 0.3) is 0 Å². The summed E-state index contributed by atoms with van der Waals surface area (Å²) in [5.41, 5.74) is 0. The molecule has 2 unspecified atom stereocenters. The topological polar surface area (TPSA) is 15.3 Å². The average molecular weight is 310 g/mol. The predicted octanol–water partition coefficient (Wildman–Crippen LogP) is 2.48. The minimum absolute atomic E-state index is 0.589. The number of nitrogens with zero attached hydrogens (tertiary/aromatic N) is 1. The molecule has 0 aliphatic carbocycles. The Morgan fingerprint density at radius 2 is 2.00 bits per heavy atom. The fourth-order valence-electron chi connectivity index (χ4n) is 2.19. The highest BCUT2D eigenvalue weighted by Gasteiger charge is 2.27. The Labute approximate surface area is 102 Å². The maximum atomic E-state index is 3.65. The molecular formula is C11H23IN2. The minimum atomic E-state index is 0.589. The van der Waals surface area contributed by atoms with E-state index in [4.69, 9.17) is 0 Å². The maximum absolute atomic E-state index is 3.65. The molecule has 0 bridgehead atoms. The van der Waals surface area contributed by atoms with Crippen LogP contribution in [0.4, 0.5) is 0 Å². The molecule has 1 aliphatic rings. The number of halogens is 1. The van der Waals surface area contributed by atoms with Gasteiger partial charge >= 0.3 is 0 Å². The molecule has 0 amide bonds. The molecule has 14 heavy (non-hydrogen) atoms. The zero-order chi connectivity index (χ0) is 10.7. The van der Waals surface area contributed by atoms with Crippen LogP contribution >= 0.6 is 22.6 Å². The number of alkyl halides is 1. The molecule has 1 heterocycles. The second kappa shape index (κ2) is 5.66. The van der Waals surface area contributed by atoms with Gasteiger partial charge in [0.2, 0.25) is 0 Å². The lowest BCUT2D eigenvalue weighted by Crippen LogP contribution is -2.51. The third-order valence-corrected chi connectivity index (χ3v) is 3.47. The van der Waals surface area contributed by atoms with E-state index >= 15 is 0 Å². The zero-order valence-corrected chi connectivity index (χ0v) is 11.9. The highest BCUT2D eigenvalue weighted by molar-refractivity contribution is 14.1. The van der Waals surface area contributed by atoms with Gasteiger partial charge in [0.05, 0.1) is 4.05 Å². The monoisotopic (exact) mass is 310 g/mol. The Hall–Kier alpha value is 0.650. The summed E-state index contributed by atoms with van der Waals surface area (Å²) in [6, 6.07) is 1.42. The molecule has 1 N–H and O–H groups in total. The minimum Gasteiger partial charge on any atom is -0.303 e. The SMILES string of the molecule is CC(I)NC1CCN(C(C)C)C[C@@H]1C. The standard InChI is InChI=1S/C11H23IN2/c1-8(2)14-6-5-11(9(3)7-14)13-10(4)12/h8-11,13H,5-7H2,1-4H3/t9-,10?,11?/m0/s1. The largest absolute Gasteiger partial charge is 0.303 e. The van der Waals surface area contributed by atoms with Crippen molar-refractivity contribution >= 4 is 22.6 Å². The normalized spacial score (nSPS) is 32.1. The van der Waals surface area contributed by atoms with Gasteiger partial charge in [-0.1, -0.05) is 29.5 Å². The van der Waals surface area contributed by atoms with E-state index in [9.17, 15) is 0 Å². The van der Waals surface area contributed by atoms with E-state index in [1.807, 2.05) is 0 Å². The van der Waals surface area contributed by atoms with Gasteiger partial charge in [-0.05, 0) is 39.7 Å². The number of hydrogen-bond acceptors (Lipinski definition) is 2. The van der Waals surface area contributed by atoms with Crippen LogP contribution in [-0.4, -0.2) is 34.1 Å². The van der Waals surface area contributed by atoms with Gasteiger partial charge < -0.3 is 10.2 Å². The van der Waals surface area contributed by atoms with Crippen molar-refractivity contribution in [2.75, 3.05) is 13.1 Å². The van der Waals surface area contributed by atoms with Crippen LogP contribution in [0, 0.1) is 5.92 Å². The second-order valence-corrected chi connectivity index (χ2v) is 6.61. The third kappa shape index (κ3) is 3.66. The molecule has 1 rings (SSSR count). The molecule has 0 aromatic carbocycles. The molecule has 0 aromatic rings. The van der Waals surface area contributed by atoms with Crippen LogP contribution in [0.1, 0.15) is 34.1 Å². The molecule has 1 saturated heterocycles. The van der Waals surface area contributed by atoms with Crippen LogP contribution in [0.2, 0.25) is 0 Å². The fourth-order valence-corrected chi connectivity index (χ4v) is 2.65. The molecule has 3 atom stereocenters. The van der Waals surface area contributed by atoms with E-state index in [2.05, 4.69) is 60.5 Å². The number of nitrogens with one attached hydrogen (secondary N) is 1. The van der Waals surface area contributed by atoms with E-state index in [1.54, 1.807) is 0 Å². The summed E-state index contributed by atoms with van der Waals surface area (Å²) in [5, 5.41) is 3.65. The van der Waals surface area contributed by atoms with Crippen molar-refractivity contribution < 1.29 is 0 Å². The maximum Gasteiger partial charge on any atom is 0.0567 e. The van der Waals surface area contributed by atoms with Crippen LogP contribution in [0.3, 0.4) is 0 Å². The Kier molecular flexibility index (Phi) is 5.14. The highest BCUT2D eigenvalue weighted by atomic mass is 127. The van der Waals surface area contributed by atoms with E-state index in [0.29, 0.717) is 10.1 Å². The van der Waals surface area contributed by atoms with E-state index < -0.39 is 0 Å². The second-order valence-electron chi connectivity index (χ2n) is 4.74. The lowest BCUT2D eigenvalue weighted by Gasteiger charge is -2.40. The van der Waals surface area contributed by atoms with Gasteiger partial charge in [-0.2, -0.15) is 0 Å². The summed E-state index contributed by atoms with van der Waals surface area (Å²) in [4.78, 5) is 2.58. The van der Waals surface area contributed by atoms with Crippen molar-refractivity contribution in [1.82, 2.24) is 10.2 Å². The summed E-state index contributed by atoms with van der Waals surface area (Å²) in [7, 11) is 0. The van der Waals surface area contributed by atoms with Gasteiger partial charge in [-0.15, -0.1) is 0 Å². The first-order chi connectivity index (χ1) is 6.50. The summed E-state index contributed by atoms with van der Waals surface area (Å²) >= 11 is 2.45. The number of likely N-dealkylation sites (tertiary alicyclic amines) is 1. The van der Waals surface area contributed by atoms with Crippen LogP contribution in [0.15, 0.2) is 0 Å². The van der Waals surface area contributed by atoms with Gasteiger partial charge in [0.25, 0.3) is 0 Å². The van der Waals surface area contributed by atoms with Gasteiger partial charge in [0.1, 0.15) is 0 Å². The highest BCUT2D eigenvalue weighted by Crippen LogP contribution is 2.19. The van der Waals surface area contributed by atoms with Crippen molar-refractivity contribution in [1.29, 1.82) is 0 Å². The summed E-state index contributed by atoms with van der Waals surface area (Å²) in [5.74, 6) is 0.781. The van der Waals surface area contributed by atoms with E-state index in [-0.39, 0.29) is 0 Å². The van der Waals surface area contributed by atoms with Crippen molar-refractivity contribution in [2.24, 2.45) is 5.92 Å². The van der Waals surface area contributed by atoms with Crippen molar-refractivity contribution in [3.05, 3.63) is 0 Å². The summed E-state index contributed by atoms with van der Waals surface area (Å²) < 4.78 is 0.589. The van der Waals surface area contributed by atoms with Crippen molar-refractivity contribution in [3.8, 4) is 0 Å². The van der Waals surface area contributed by atoms with Gasteiger partial charge in [0.15, 0.2) is 0 Å². The fraction of sp³-hybridized carbons (Fsp3) is 1.00. The Morgan fingerprint density at radius 3 is 2.43 bits per heavy atom. The Morgan fingerprint density at radius 1 is 1.36 bits per heavy atom. The van der Waals surface area contributed by atoms with Crippen molar-refractivity contribution in [2.45, 2.75) is 50.2 Å². The Bertz CT molecular complexity index is 171. The zero-order valence-electron chi connectivity index (χ0n) is 9.76. The first-order valence-electron chi connectivity index (χ1n) is 5.65.